The average molecular weight is 309 g/mol. The van der Waals surface area contributed by atoms with Crippen LogP contribution in [0, 0.1) is 13.8 Å². The third-order valence-electron chi connectivity index (χ3n) is 3.55. The molecule has 0 spiro atoms. The quantitative estimate of drug-likeness (QED) is 0.851. The molecule has 0 atom stereocenters. The van der Waals surface area contributed by atoms with Crippen LogP contribution in [0.15, 0.2) is 4.79 Å². The molecule has 2 rings (SSSR count). The summed E-state index contributed by atoms with van der Waals surface area (Å²) in [6, 6.07) is 0. The lowest BCUT2D eigenvalue weighted by atomic mass is 10.2. The Hall–Kier alpha value is -1.73. The standard InChI is InChI=1S/C14H19N3O3S/c1-4-17(6-5-11(18)19)7-10-15-13(20)12-8(2)9(3)21-14(12)16-10/h4-7H2,1-3H3,(H,18,19)(H,15,16,20). The van der Waals surface area contributed by atoms with E-state index in [0.717, 1.165) is 15.3 Å². The van der Waals surface area contributed by atoms with Gasteiger partial charge in [0.05, 0.1) is 18.4 Å². The van der Waals surface area contributed by atoms with Crippen LogP contribution in [0.3, 0.4) is 0 Å². The molecule has 0 aliphatic carbocycles. The predicted molar refractivity (Wildman–Crippen MR) is 82.9 cm³/mol. The normalized spacial score (nSPS) is 11.4. The molecule has 0 aliphatic heterocycles. The van der Waals surface area contributed by atoms with E-state index in [0.29, 0.717) is 30.8 Å². The van der Waals surface area contributed by atoms with Gasteiger partial charge in [0.2, 0.25) is 0 Å². The fraction of sp³-hybridized carbons (Fsp3) is 0.500. The Labute approximate surface area is 126 Å². The number of H-pyrrole nitrogens is 1. The number of fused-ring (bicyclic) bond motifs is 1. The number of thiophene rings is 1. The first-order chi connectivity index (χ1) is 9.92. The van der Waals surface area contributed by atoms with E-state index < -0.39 is 5.97 Å². The number of carboxylic acid groups (broad SMARTS) is 1. The van der Waals surface area contributed by atoms with E-state index in [4.69, 9.17) is 5.11 Å². The van der Waals surface area contributed by atoms with Gasteiger partial charge in [-0.3, -0.25) is 14.5 Å². The fourth-order valence-corrected chi connectivity index (χ4v) is 3.24. The highest BCUT2D eigenvalue weighted by Crippen LogP contribution is 2.25. The minimum Gasteiger partial charge on any atom is -0.481 e. The van der Waals surface area contributed by atoms with Crippen LogP contribution in [-0.4, -0.2) is 39.0 Å². The van der Waals surface area contributed by atoms with Crippen molar-refractivity contribution in [3.05, 3.63) is 26.6 Å². The summed E-state index contributed by atoms with van der Waals surface area (Å²) in [4.78, 5) is 33.9. The van der Waals surface area contributed by atoms with Crippen molar-refractivity contribution in [2.75, 3.05) is 13.1 Å². The molecule has 0 aromatic carbocycles. The number of hydrogen-bond donors (Lipinski definition) is 2. The van der Waals surface area contributed by atoms with Crippen LogP contribution >= 0.6 is 11.3 Å². The van der Waals surface area contributed by atoms with E-state index in [2.05, 4.69) is 9.97 Å². The second kappa shape index (κ2) is 6.36. The number of aliphatic carboxylic acids is 1. The maximum atomic E-state index is 12.2. The van der Waals surface area contributed by atoms with Crippen molar-refractivity contribution >= 4 is 27.5 Å². The van der Waals surface area contributed by atoms with Crippen LogP contribution in [0.1, 0.15) is 29.6 Å². The number of carboxylic acids is 1. The molecule has 114 valence electrons. The van der Waals surface area contributed by atoms with Crippen LogP contribution in [0.2, 0.25) is 0 Å². The van der Waals surface area contributed by atoms with E-state index in [1.807, 2.05) is 25.7 Å². The van der Waals surface area contributed by atoms with Gasteiger partial charge in [-0.05, 0) is 26.0 Å². The molecule has 0 aliphatic rings. The van der Waals surface area contributed by atoms with Gasteiger partial charge in [0.15, 0.2) is 0 Å². The lowest BCUT2D eigenvalue weighted by molar-refractivity contribution is -0.137. The molecule has 2 heterocycles. The number of nitrogens with one attached hydrogen (secondary N) is 1. The van der Waals surface area contributed by atoms with E-state index in [1.54, 1.807) is 0 Å². The first-order valence-corrected chi connectivity index (χ1v) is 7.67. The SMILES string of the molecule is CCN(CCC(=O)O)Cc1nc2sc(C)c(C)c2c(=O)[nH]1. The first-order valence-electron chi connectivity index (χ1n) is 6.85. The Balaban J connectivity index is 2.26. The molecule has 0 unspecified atom stereocenters. The number of nitrogens with zero attached hydrogens (tertiary/aromatic N) is 2. The van der Waals surface area contributed by atoms with E-state index >= 15 is 0 Å². The van der Waals surface area contributed by atoms with Crippen molar-refractivity contribution in [3.8, 4) is 0 Å². The van der Waals surface area contributed by atoms with Gasteiger partial charge in [0.1, 0.15) is 10.7 Å². The van der Waals surface area contributed by atoms with Gasteiger partial charge in [-0.25, -0.2) is 4.98 Å². The molecule has 21 heavy (non-hydrogen) atoms. The number of hydrogen-bond acceptors (Lipinski definition) is 5. The largest absolute Gasteiger partial charge is 0.481 e. The molecule has 2 N–H and O–H groups in total. The molecular formula is C14H19N3O3S. The van der Waals surface area contributed by atoms with Crippen LogP contribution in [-0.2, 0) is 11.3 Å². The third kappa shape index (κ3) is 3.48. The molecule has 0 fully saturated rings. The maximum Gasteiger partial charge on any atom is 0.304 e. The highest BCUT2D eigenvalue weighted by molar-refractivity contribution is 7.18. The van der Waals surface area contributed by atoms with Crippen LogP contribution < -0.4 is 5.56 Å². The Bertz CT molecular complexity index is 720. The molecule has 0 saturated heterocycles. The van der Waals surface area contributed by atoms with Gasteiger partial charge in [-0.2, -0.15) is 0 Å². The minimum atomic E-state index is -0.824. The smallest absolute Gasteiger partial charge is 0.304 e. The zero-order valence-corrected chi connectivity index (χ0v) is 13.2. The molecule has 2 aromatic heterocycles. The number of aryl methyl sites for hydroxylation is 2. The molecule has 0 radical (unpaired) electrons. The maximum absolute atomic E-state index is 12.2. The molecule has 0 amide bonds. The summed E-state index contributed by atoms with van der Waals surface area (Å²) in [5, 5.41) is 9.41. The molecule has 7 heteroatoms. The summed E-state index contributed by atoms with van der Waals surface area (Å²) in [6.07, 6.45) is 0.0809. The second-order valence-corrected chi connectivity index (χ2v) is 6.19. The molecule has 0 saturated carbocycles. The number of rotatable bonds is 6. The van der Waals surface area contributed by atoms with Gasteiger partial charge in [0, 0.05) is 11.4 Å². The summed E-state index contributed by atoms with van der Waals surface area (Å²) in [5.41, 5.74) is 0.861. The van der Waals surface area contributed by atoms with Crippen molar-refractivity contribution in [2.45, 2.75) is 33.7 Å². The van der Waals surface area contributed by atoms with Crippen molar-refractivity contribution in [2.24, 2.45) is 0 Å². The first kappa shape index (κ1) is 15.7. The second-order valence-electron chi connectivity index (χ2n) is 4.99. The van der Waals surface area contributed by atoms with E-state index in [-0.39, 0.29) is 12.0 Å². The van der Waals surface area contributed by atoms with Crippen molar-refractivity contribution < 1.29 is 9.90 Å². The Kier molecular flexibility index (Phi) is 4.74. The summed E-state index contributed by atoms with van der Waals surface area (Å²) in [6.45, 7) is 7.46. The highest BCUT2D eigenvalue weighted by Gasteiger charge is 2.13. The van der Waals surface area contributed by atoms with Crippen molar-refractivity contribution in [1.82, 2.24) is 14.9 Å². The van der Waals surface area contributed by atoms with Crippen LogP contribution in [0.25, 0.3) is 10.2 Å². The number of aromatic nitrogens is 2. The summed E-state index contributed by atoms with van der Waals surface area (Å²) < 4.78 is 0. The molecule has 6 nitrogen and oxygen atoms in total. The topological polar surface area (TPSA) is 86.3 Å². The summed E-state index contributed by atoms with van der Waals surface area (Å²) in [7, 11) is 0. The zero-order valence-electron chi connectivity index (χ0n) is 12.4. The van der Waals surface area contributed by atoms with Gasteiger partial charge >= 0.3 is 5.97 Å². The molecule has 2 aromatic rings. The monoisotopic (exact) mass is 309 g/mol. The average Bonchev–Trinajstić information content (AvgIpc) is 2.70. The summed E-state index contributed by atoms with van der Waals surface area (Å²) in [5.74, 6) is -0.240. The lowest BCUT2D eigenvalue weighted by Crippen LogP contribution is -2.27. The third-order valence-corrected chi connectivity index (χ3v) is 4.65. The Morgan fingerprint density at radius 3 is 2.76 bits per heavy atom. The fourth-order valence-electron chi connectivity index (χ4n) is 2.19. The predicted octanol–water partition coefficient (Wildman–Crippen LogP) is 1.90. The lowest BCUT2D eigenvalue weighted by Gasteiger charge is -2.18. The molecular weight excluding hydrogens is 290 g/mol. The Morgan fingerprint density at radius 2 is 2.14 bits per heavy atom. The van der Waals surface area contributed by atoms with Crippen molar-refractivity contribution in [3.63, 3.8) is 0 Å². The van der Waals surface area contributed by atoms with E-state index in [9.17, 15) is 9.59 Å². The van der Waals surface area contributed by atoms with Gasteiger partial charge < -0.3 is 10.1 Å². The highest BCUT2D eigenvalue weighted by atomic mass is 32.1. The number of carbonyl (C=O) groups is 1. The minimum absolute atomic E-state index is 0.0809. The van der Waals surface area contributed by atoms with Gasteiger partial charge in [0.25, 0.3) is 5.56 Å². The van der Waals surface area contributed by atoms with Crippen LogP contribution in [0.4, 0.5) is 0 Å². The zero-order chi connectivity index (χ0) is 15.6. The van der Waals surface area contributed by atoms with Gasteiger partial charge in [-0.1, -0.05) is 6.92 Å². The summed E-state index contributed by atoms with van der Waals surface area (Å²) >= 11 is 1.52. The van der Waals surface area contributed by atoms with Gasteiger partial charge in [-0.15, -0.1) is 11.3 Å². The van der Waals surface area contributed by atoms with Crippen LogP contribution in [0.5, 0.6) is 0 Å². The Morgan fingerprint density at radius 1 is 1.43 bits per heavy atom. The molecule has 0 bridgehead atoms. The van der Waals surface area contributed by atoms with Crippen molar-refractivity contribution in [1.29, 1.82) is 0 Å². The van der Waals surface area contributed by atoms with E-state index in [1.165, 1.54) is 11.3 Å². The number of aromatic amines is 1.